The van der Waals surface area contributed by atoms with E-state index in [-0.39, 0.29) is 17.6 Å². The van der Waals surface area contributed by atoms with Crippen molar-refractivity contribution in [1.29, 1.82) is 0 Å². The van der Waals surface area contributed by atoms with E-state index in [0.29, 0.717) is 17.7 Å². The Balaban J connectivity index is 1.93. The molecule has 0 radical (unpaired) electrons. The molecule has 1 aliphatic rings. The Morgan fingerprint density at radius 1 is 1.20 bits per heavy atom. The zero-order chi connectivity index (χ0) is 14.1. The molecule has 0 spiro atoms. The van der Waals surface area contributed by atoms with Crippen LogP contribution in [0.1, 0.15) is 40.9 Å². The highest BCUT2D eigenvalue weighted by molar-refractivity contribution is 5.97. The number of benzene rings is 2. The van der Waals surface area contributed by atoms with Crippen LogP contribution >= 0.6 is 0 Å². The van der Waals surface area contributed by atoms with Gasteiger partial charge in [-0.15, -0.1) is 0 Å². The van der Waals surface area contributed by atoms with Gasteiger partial charge in [0.1, 0.15) is 17.6 Å². The second-order valence-electron chi connectivity index (χ2n) is 5.05. The molecule has 1 N–H and O–H groups in total. The quantitative estimate of drug-likeness (QED) is 0.845. The molecule has 3 nitrogen and oxygen atoms in total. The van der Waals surface area contributed by atoms with Crippen molar-refractivity contribution in [2.45, 2.75) is 25.9 Å². The second kappa shape index (κ2) is 5.00. The number of carbonyl (C=O) groups excluding carboxylic acids is 1. The van der Waals surface area contributed by atoms with Crippen LogP contribution < -0.4 is 4.74 Å². The third-order valence-corrected chi connectivity index (χ3v) is 3.72. The molecule has 0 bridgehead atoms. The van der Waals surface area contributed by atoms with Gasteiger partial charge in [0.05, 0.1) is 5.56 Å². The largest absolute Gasteiger partial charge is 0.507 e. The predicted molar refractivity (Wildman–Crippen MR) is 76.2 cm³/mol. The normalized spacial score (nSPS) is 17.1. The molecular weight excluding hydrogens is 252 g/mol. The predicted octanol–water partition coefficient (Wildman–Crippen LogP) is 3.66. The van der Waals surface area contributed by atoms with Gasteiger partial charge < -0.3 is 9.84 Å². The SMILES string of the molecule is CC(=O)c1ccc2c(c1O)CC[C@@H](c1ccccc1)O2. The van der Waals surface area contributed by atoms with Crippen molar-refractivity contribution in [3.8, 4) is 11.5 Å². The molecule has 0 aromatic heterocycles. The van der Waals surface area contributed by atoms with Gasteiger partial charge in [0.2, 0.25) is 0 Å². The molecule has 2 aromatic carbocycles. The van der Waals surface area contributed by atoms with Crippen molar-refractivity contribution in [2.24, 2.45) is 0 Å². The Morgan fingerprint density at radius 2 is 1.95 bits per heavy atom. The Hall–Kier alpha value is -2.29. The molecule has 0 amide bonds. The van der Waals surface area contributed by atoms with Gasteiger partial charge >= 0.3 is 0 Å². The zero-order valence-electron chi connectivity index (χ0n) is 11.3. The molecule has 102 valence electrons. The first kappa shape index (κ1) is 12.7. The topological polar surface area (TPSA) is 46.5 Å². The summed E-state index contributed by atoms with van der Waals surface area (Å²) in [5.41, 5.74) is 2.24. The lowest BCUT2D eigenvalue weighted by atomic mass is 9.94. The van der Waals surface area contributed by atoms with Gasteiger partial charge in [-0.25, -0.2) is 0 Å². The molecule has 3 rings (SSSR count). The lowest BCUT2D eigenvalue weighted by Crippen LogP contribution is -2.15. The number of hydrogen-bond donors (Lipinski definition) is 1. The van der Waals surface area contributed by atoms with Crippen LogP contribution in [0, 0.1) is 0 Å². The first-order valence-corrected chi connectivity index (χ1v) is 6.74. The number of fused-ring (bicyclic) bond motifs is 1. The van der Waals surface area contributed by atoms with E-state index in [1.807, 2.05) is 30.3 Å². The third-order valence-electron chi connectivity index (χ3n) is 3.72. The summed E-state index contributed by atoms with van der Waals surface area (Å²) in [5.74, 6) is 0.615. The number of ether oxygens (including phenoxy) is 1. The first-order chi connectivity index (χ1) is 9.66. The van der Waals surface area contributed by atoms with Crippen LogP contribution in [0.2, 0.25) is 0 Å². The number of phenolic OH excluding ortho intramolecular Hbond substituents is 1. The molecular formula is C17H16O3. The maximum absolute atomic E-state index is 11.4. The Bertz CT molecular complexity index is 647. The molecule has 1 heterocycles. The smallest absolute Gasteiger partial charge is 0.163 e. The van der Waals surface area contributed by atoms with Gasteiger partial charge in [-0.2, -0.15) is 0 Å². The molecule has 1 aliphatic heterocycles. The third kappa shape index (κ3) is 2.16. The van der Waals surface area contributed by atoms with Crippen LogP contribution in [0.5, 0.6) is 11.5 Å². The number of phenols is 1. The second-order valence-corrected chi connectivity index (χ2v) is 5.05. The molecule has 0 unspecified atom stereocenters. The van der Waals surface area contributed by atoms with Gasteiger partial charge in [0.15, 0.2) is 5.78 Å². The highest BCUT2D eigenvalue weighted by Gasteiger charge is 2.25. The van der Waals surface area contributed by atoms with E-state index >= 15 is 0 Å². The molecule has 20 heavy (non-hydrogen) atoms. The molecule has 3 heteroatoms. The van der Waals surface area contributed by atoms with Crippen molar-refractivity contribution in [1.82, 2.24) is 0 Å². The lowest BCUT2D eigenvalue weighted by Gasteiger charge is -2.27. The van der Waals surface area contributed by atoms with E-state index in [4.69, 9.17) is 4.74 Å². The summed E-state index contributed by atoms with van der Waals surface area (Å²) in [6, 6.07) is 13.4. The van der Waals surface area contributed by atoms with Crippen LogP contribution in [0.3, 0.4) is 0 Å². The molecule has 2 aromatic rings. The van der Waals surface area contributed by atoms with E-state index in [1.165, 1.54) is 6.92 Å². The molecule has 0 saturated heterocycles. The van der Waals surface area contributed by atoms with Crippen LogP contribution in [0.25, 0.3) is 0 Å². The van der Waals surface area contributed by atoms with Crippen LogP contribution in [0.4, 0.5) is 0 Å². The van der Waals surface area contributed by atoms with Gasteiger partial charge in [0.25, 0.3) is 0 Å². The van der Waals surface area contributed by atoms with E-state index in [2.05, 4.69) is 0 Å². The standard InChI is InChI=1S/C17H16O3/c1-11(18)13-7-10-16-14(17(13)19)8-9-15(20-16)12-5-3-2-4-6-12/h2-7,10,15,19H,8-9H2,1H3/t15-/m0/s1. The van der Waals surface area contributed by atoms with E-state index < -0.39 is 0 Å². The fourth-order valence-electron chi connectivity index (χ4n) is 2.64. The fourth-order valence-corrected chi connectivity index (χ4v) is 2.64. The summed E-state index contributed by atoms with van der Waals surface area (Å²) in [5, 5.41) is 10.2. The number of hydrogen-bond acceptors (Lipinski definition) is 3. The molecule has 0 fully saturated rings. The number of ketones is 1. The minimum absolute atomic E-state index is 0.00581. The average molecular weight is 268 g/mol. The van der Waals surface area contributed by atoms with Gasteiger partial charge in [0, 0.05) is 5.56 Å². The van der Waals surface area contributed by atoms with Crippen LogP contribution in [-0.2, 0) is 6.42 Å². The summed E-state index contributed by atoms with van der Waals surface area (Å²) in [7, 11) is 0. The lowest BCUT2D eigenvalue weighted by molar-refractivity contribution is 0.101. The number of carbonyl (C=O) groups is 1. The molecule has 0 aliphatic carbocycles. The van der Waals surface area contributed by atoms with E-state index in [1.54, 1.807) is 12.1 Å². The van der Waals surface area contributed by atoms with Crippen LogP contribution in [-0.4, -0.2) is 10.9 Å². The van der Waals surface area contributed by atoms with Gasteiger partial charge in [-0.1, -0.05) is 30.3 Å². The maximum atomic E-state index is 11.4. The monoisotopic (exact) mass is 268 g/mol. The van der Waals surface area contributed by atoms with Gasteiger partial charge in [-0.05, 0) is 37.5 Å². The highest BCUT2D eigenvalue weighted by Crippen LogP contribution is 2.40. The summed E-state index contributed by atoms with van der Waals surface area (Å²) >= 11 is 0. The molecule has 1 atom stereocenters. The van der Waals surface area contributed by atoms with E-state index in [0.717, 1.165) is 17.5 Å². The maximum Gasteiger partial charge on any atom is 0.163 e. The minimum Gasteiger partial charge on any atom is -0.507 e. The van der Waals surface area contributed by atoms with Crippen molar-refractivity contribution >= 4 is 5.78 Å². The van der Waals surface area contributed by atoms with E-state index in [9.17, 15) is 9.90 Å². The Morgan fingerprint density at radius 3 is 2.65 bits per heavy atom. The van der Waals surface area contributed by atoms with Crippen molar-refractivity contribution < 1.29 is 14.6 Å². The van der Waals surface area contributed by atoms with Gasteiger partial charge in [-0.3, -0.25) is 4.79 Å². The minimum atomic E-state index is -0.129. The van der Waals surface area contributed by atoms with Crippen molar-refractivity contribution in [3.05, 3.63) is 59.2 Å². The molecule has 0 saturated carbocycles. The summed E-state index contributed by atoms with van der Waals surface area (Å²) < 4.78 is 5.96. The van der Waals surface area contributed by atoms with Crippen LogP contribution in [0.15, 0.2) is 42.5 Å². The Kier molecular flexibility index (Phi) is 3.18. The average Bonchev–Trinajstić information content (AvgIpc) is 2.48. The highest BCUT2D eigenvalue weighted by atomic mass is 16.5. The first-order valence-electron chi connectivity index (χ1n) is 6.74. The Labute approximate surface area is 117 Å². The number of Topliss-reactive ketones (excluding diaryl/α,β-unsaturated/α-hetero) is 1. The summed E-state index contributed by atoms with van der Waals surface area (Å²) in [6.07, 6.45) is 1.51. The van der Waals surface area contributed by atoms with Crippen molar-refractivity contribution in [2.75, 3.05) is 0 Å². The zero-order valence-corrected chi connectivity index (χ0v) is 11.3. The summed E-state index contributed by atoms with van der Waals surface area (Å²) in [4.78, 5) is 11.4. The summed E-state index contributed by atoms with van der Waals surface area (Å²) in [6.45, 7) is 1.46. The fraction of sp³-hybridized carbons (Fsp3) is 0.235. The van der Waals surface area contributed by atoms with Crippen molar-refractivity contribution in [3.63, 3.8) is 0 Å². The number of rotatable bonds is 2. The number of aromatic hydroxyl groups is 1.